The standard InChI is InChI=1S/C32H21N.C20H11Br.C12H11N/c1-3-12-23(13-4-1)33(24-14-5-2-6-15-24)30-21-20-28-26-17-8-11-22-10-7-16-25(31(22)26)27-18-9-19-29(30)32(27)28;21-18-11-10-16-14-7-2-5-12-4-1-6-13(19(12)14)15-8-3-9-17(18)20(15)16;1-3-7-11(8-4-1)13-12-9-5-2-6-10-12/h1-21H;1-11H;1-10,13H. The minimum Gasteiger partial charge on any atom is -0.356 e. The number of fused-ring (bicyclic) bond motifs is 4. The smallest absolute Gasteiger partial charge is 0.0540 e. The third kappa shape index (κ3) is 7.22. The molecular weight excluding hydrogens is 877 g/mol. The van der Waals surface area contributed by atoms with Crippen molar-refractivity contribution in [3.8, 4) is 0 Å². The van der Waals surface area contributed by atoms with E-state index < -0.39 is 0 Å². The molecule has 0 heterocycles. The molecule has 0 radical (unpaired) electrons. The van der Waals surface area contributed by atoms with Crippen molar-refractivity contribution in [2.75, 3.05) is 10.2 Å². The fourth-order valence-electron chi connectivity index (χ4n) is 10.2. The zero-order valence-electron chi connectivity index (χ0n) is 36.6. The molecule has 14 rings (SSSR count). The highest BCUT2D eigenvalue weighted by Gasteiger charge is 2.19. The largest absolute Gasteiger partial charge is 0.356 e. The van der Waals surface area contributed by atoms with E-state index in [1.807, 2.05) is 60.7 Å². The molecule has 0 saturated heterocycles. The Morgan fingerprint density at radius 1 is 0.254 bits per heavy atom. The van der Waals surface area contributed by atoms with Crippen molar-refractivity contribution in [3.05, 3.63) is 259 Å². The van der Waals surface area contributed by atoms with Gasteiger partial charge in [-0.3, -0.25) is 0 Å². The SMILES string of the molecule is Brc1ccc2c3cccc4cccc(c5cccc1c52)c43.c1ccc(N(c2ccccc2)c2ccc3c4cccc5cccc(c6cccc2c63)c54)cc1.c1ccc(Nc2ccccc2)cc1. The average molecular weight is 920 g/mol. The van der Waals surface area contributed by atoms with Crippen molar-refractivity contribution in [3.63, 3.8) is 0 Å². The van der Waals surface area contributed by atoms with E-state index in [-0.39, 0.29) is 0 Å². The summed E-state index contributed by atoms with van der Waals surface area (Å²) < 4.78 is 1.16. The summed E-state index contributed by atoms with van der Waals surface area (Å²) in [5.41, 5.74) is 5.74. The molecule has 14 aromatic carbocycles. The second-order valence-corrected chi connectivity index (χ2v) is 17.8. The van der Waals surface area contributed by atoms with E-state index in [0.717, 1.165) is 27.2 Å². The highest BCUT2D eigenvalue weighted by atomic mass is 79.9. The maximum atomic E-state index is 3.70. The Kier molecular flexibility index (Phi) is 10.4. The molecule has 0 aliphatic rings. The van der Waals surface area contributed by atoms with Gasteiger partial charge in [0.15, 0.2) is 0 Å². The van der Waals surface area contributed by atoms with Crippen LogP contribution >= 0.6 is 15.9 Å². The first kappa shape index (κ1) is 40.3. The molecule has 0 fully saturated rings. The van der Waals surface area contributed by atoms with Crippen LogP contribution in [0.25, 0.3) is 86.2 Å². The molecule has 3 heteroatoms. The number of rotatable bonds is 5. The molecule has 0 aromatic heterocycles. The molecule has 2 nitrogen and oxygen atoms in total. The second-order valence-electron chi connectivity index (χ2n) is 17.0. The van der Waals surface area contributed by atoms with Crippen LogP contribution in [-0.2, 0) is 0 Å². The van der Waals surface area contributed by atoms with Gasteiger partial charge in [0.2, 0.25) is 0 Å². The molecular formula is C64H43BrN2. The van der Waals surface area contributed by atoms with Crippen molar-refractivity contribution in [1.29, 1.82) is 0 Å². The summed E-state index contributed by atoms with van der Waals surface area (Å²) in [5.74, 6) is 0. The van der Waals surface area contributed by atoms with Crippen molar-refractivity contribution in [2.24, 2.45) is 0 Å². The Hall–Kier alpha value is -8.24. The summed E-state index contributed by atoms with van der Waals surface area (Å²) >= 11 is 3.70. The van der Waals surface area contributed by atoms with Crippen LogP contribution in [-0.4, -0.2) is 0 Å². The summed E-state index contributed by atoms with van der Waals surface area (Å²) in [5, 5.41) is 24.5. The highest BCUT2D eigenvalue weighted by Crippen LogP contribution is 2.46. The summed E-state index contributed by atoms with van der Waals surface area (Å²) in [6, 6.07) is 90.4. The van der Waals surface area contributed by atoms with Gasteiger partial charge in [-0.05, 0) is 141 Å². The summed E-state index contributed by atoms with van der Waals surface area (Å²) in [7, 11) is 0. The molecule has 14 aromatic rings. The lowest BCUT2D eigenvalue weighted by Crippen LogP contribution is -2.10. The van der Waals surface area contributed by atoms with Gasteiger partial charge in [0.25, 0.3) is 0 Å². The molecule has 0 aliphatic carbocycles. The topological polar surface area (TPSA) is 15.3 Å². The van der Waals surface area contributed by atoms with Crippen LogP contribution in [0.1, 0.15) is 0 Å². The van der Waals surface area contributed by atoms with Crippen molar-refractivity contribution < 1.29 is 0 Å². The monoisotopic (exact) mass is 918 g/mol. The Morgan fingerprint density at radius 3 is 1.03 bits per heavy atom. The van der Waals surface area contributed by atoms with E-state index in [1.165, 1.54) is 91.9 Å². The third-order valence-electron chi connectivity index (χ3n) is 13.1. The van der Waals surface area contributed by atoms with Gasteiger partial charge in [0.1, 0.15) is 0 Å². The first-order valence-corrected chi connectivity index (χ1v) is 23.6. The zero-order chi connectivity index (χ0) is 44.7. The molecule has 0 unspecified atom stereocenters. The van der Waals surface area contributed by atoms with Crippen LogP contribution in [0, 0.1) is 0 Å². The fraction of sp³-hybridized carbons (Fsp3) is 0. The van der Waals surface area contributed by atoms with Gasteiger partial charge >= 0.3 is 0 Å². The van der Waals surface area contributed by atoms with Crippen molar-refractivity contribution in [2.45, 2.75) is 0 Å². The van der Waals surface area contributed by atoms with E-state index in [9.17, 15) is 0 Å². The molecule has 316 valence electrons. The van der Waals surface area contributed by atoms with E-state index in [4.69, 9.17) is 0 Å². The van der Waals surface area contributed by atoms with Crippen LogP contribution in [0.2, 0.25) is 0 Å². The molecule has 0 amide bonds. The lowest BCUT2D eigenvalue weighted by molar-refractivity contribution is 1.30. The van der Waals surface area contributed by atoms with E-state index in [2.05, 4.69) is 220 Å². The van der Waals surface area contributed by atoms with E-state index >= 15 is 0 Å². The highest BCUT2D eigenvalue weighted by molar-refractivity contribution is 9.10. The summed E-state index contributed by atoms with van der Waals surface area (Å²) in [4.78, 5) is 2.37. The van der Waals surface area contributed by atoms with E-state index in [0.29, 0.717) is 0 Å². The zero-order valence-corrected chi connectivity index (χ0v) is 38.2. The molecule has 1 N–H and O–H groups in total. The van der Waals surface area contributed by atoms with Crippen LogP contribution in [0.15, 0.2) is 259 Å². The van der Waals surface area contributed by atoms with E-state index in [1.54, 1.807) is 0 Å². The Balaban J connectivity index is 0.000000117. The number of nitrogens with zero attached hydrogens (tertiary/aromatic N) is 1. The minimum absolute atomic E-state index is 1.12. The van der Waals surface area contributed by atoms with Crippen LogP contribution in [0.4, 0.5) is 28.4 Å². The van der Waals surface area contributed by atoms with Crippen molar-refractivity contribution in [1.82, 2.24) is 0 Å². The first-order chi connectivity index (χ1) is 33.2. The number of para-hydroxylation sites is 4. The molecule has 0 atom stereocenters. The van der Waals surface area contributed by atoms with Gasteiger partial charge in [-0.2, -0.15) is 0 Å². The lowest BCUT2D eigenvalue weighted by atomic mass is 9.89. The molecule has 67 heavy (non-hydrogen) atoms. The predicted molar refractivity (Wildman–Crippen MR) is 294 cm³/mol. The summed E-state index contributed by atoms with van der Waals surface area (Å²) in [6.07, 6.45) is 0. The Bertz CT molecular complexity index is 3830. The maximum Gasteiger partial charge on any atom is 0.0540 e. The average Bonchev–Trinajstić information content (AvgIpc) is 3.39. The molecule has 0 saturated carbocycles. The van der Waals surface area contributed by atoms with Crippen LogP contribution in [0.3, 0.4) is 0 Å². The number of halogens is 1. The molecule has 0 spiro atoms. The number of anilines is 5. The first-order valence-electron chi connectivity index (χ1n) is 22.8. The van der Waals surface area contributed by atoms with Gasteiger partial charge < -0.3 is 10.2 Å². The quantitative estimate of drug-likeness (QED) is 0.137. The predicted octanol–water partition coefficient (Wildman–Crippen LogP) is 19.1. The maximum absolute atomic E-state index is 3.70. The normalized spacial score (nSPS) is 11.4. The van der Waals surface area contributed by atoms with Gasteiger partial charge in [0, 0.05) is 32.6 Å². The van der Waals surface area contributed by atoms with Gasteiger partial charge in [-0.25, -0.2) is 0 Å². The number of hydrogen-bond donors (Lipinski definition) is 1. The second kappa shape index (κ2) is 17.3. The lowest BCUT2D eigenvalue weighted by Gasteiger charge is -2.27. The van der Waals surface area contributed by atoms with Crippen molar-refractivity contribution >= 4 is 131 Å². The Morgan fingerprint density at radius 2 is 0.582 bits per heavy atom. The van der Waals surface area contributed by atoms with Crippen LogP contribution < -0.4 is 10.2 Å². The third-order valence-corrected chi connectivity index (χ3v) is 13.8. The van der Waals surface area contributed by atoms with Gasteiger partial charge in [-0.15, -0.1) is 0 Å². The Labute approximate surface area is 397 Å². The van der Waals surface area contributed by atoms with Crippen LogP contribution in [0.5, 0.6) is 0 Å². The van der Waals surface area contributed by atoms with Gasteiger partial charge in [-0.1, -0.05) is 210 Å². The summed E-state index contributed by atoms with van der Waals surface area (Å²) in [6.45, 7) is 0. The number of benzene rings is 14. The fourth-order valence-corrected chi connectivity index (χ4v) is 10.7. The number of hydrogen-bond acceptors (Lipinski definition) is 2. The number of nitrogens with one attached hydrogen (secondary N) is 1. The molecule has 0 bridgehead atoms. The van der Waals surface area contributed by atoms with Gasteiger partial charge in [0.05, 0.1) is 5.69 Å². The molecule has 0 aliphatic heterocycles. The minimum atomic E-state index is 1.12.